The number of anilines is 1. The van der Waals surface area contributed by atoms with E-state index in [-0.39, 0.29) is 12.8 Å². The van der Waals surface area contributed by atoms with Crippen LogP contribution in [0, 0.1) is 0 Å². The first-order valence-corrected chi connectivity index (χ1v) is 7.46. The van der Waals surface area contributed by atoms with E-state index in [9.17, 15) is 4.79 Å². The Kier molecular flexibility index (Phi) is 4.90. The van der Waals surface area contributed by atoms with E-state index in [0.29, 0.717) is 36.1 Å². The van der Waals surface area contributed by atoms with Crippen molar-refractivity contribution in [3.63, 3.8) is 0 Å². The van der Waals surface area contributed by atoms with Crippen molar-refractivity contribution < 1.29 is 23.7 Å². The third kappa shape index (κ3) is 4.01. The molecule has 0 fully saturated rings. The number of amides is 2. The molecule has 7 heteroatoms. The molecule has 24 heavy (non-hydrogen) atoms. The number of ether oxygens (including phenoxy) is 4. The monoisotopic (exact) mass is 330 g/mol. The Morgan fingerprint density at radius 2 is 1.96 bits per heavy atom. The topological polar surface area (TPSA) is 78.1 Å². The third-order valence-electron chi connectivity index (χ3n) is 3.33. The van der Waals surface area contributed by atoms with Crippen LogP contribution in [0.4, 0.5) is 10.5 Å². The number of methoxy groups -OCH3 is 1. The van der Waals surface area contributed by atoms with Crippen LogP contribution < -0.4 is 29.6 Å². The zero-order valence-electron chi connectivity index (χ0n) is 13.2. The van der Waals surface area contributed by atoms with E-state index in [2.05, 4.69) is 10.6 Å². The van der Waals surface area contributed by atoms with Crippen molar-refractivity contribution in [3.8, 4) is 23.0 Å². The van der Waals surface area contributed by atoms with Crippen molar-refractivity contribution in [2.75, 3.05) is 32.4 Å². The summed E-state index contributed by atoms with van der Waals surface area (Å²) >= 11 is 0. The maximum absolute atomic E-state index is 11.9. The molecular formula is C17H18N2O5. The minimum Gasteiger partial charge on any atom is -0.497 e. The maximum atomic E-state index is 11.9. The van der Waals surface area contributed by atoms with Gasteiger partial charge < -0.3 is 29.6 Å². The van der Waals surface area contributed by atoms with Gasteiger partial charge in [-0.05, 0) is 24.3 Å². The number of hydrogen-bond acceptors (Lipinski definition) is 5. The third-order valence-corrected chi connectivity index (χ3v) is 3.33. The Morgan fingerprint density at radius 1 is 1.12 bits per heavy atom. The highest BCUT2D eigenvalue weighted by molar-refractivity contribution is 5.89. The van der Waals surface area contributed by atoms with Gasteiger partial charge in [0.1, 0.15) is 18.1 Å². The molecule has 0 saturated carbocycles. The smallest absolute Gasteiger partial charge is 0.319 e. The van der Waals surface area contributed by atoms with E-state index < -0.39 is 0 Å². The molecule has 1 aliphatic rings. The summed E-state index contributed by atoms with van der Waals surface area (Å²) in [7, 11) is 1.60. The van der Waals surface area contributed by atoms with Crippen molar-refractivity contribution in [1.29, 1.82) is 0 Å². The molecule has 2 amide bonds. The van der Waals surface area contributed by atoms with Gasteiger partial charge in [0.2, 0.25) is 6.79 Å². The molecule has 2 N–H and O–H groups in total. The number of benzene rings is 2. The van der Waals surface area contributed by atoms with Crippen LogP contribution in [0.2, 0.25) is 0 Å². The number of urea groups is 1. The summed E-state index contributed by atoms with van der Waals surface area (Å²) in [5.41, 5.74) is 0.630. The van der Waals surface area contributed by atoms with Crippen LogP contribution in [0.25, 0.3) is 0 Å². The average Bonchev–Trinajstić information content (AvgIpc) is 3.06. The summed E-state index contributed by atoms with van der Waals surface area (Å²) in [5.74, 6) is 2.70. The molecule has 2 aromatic rings. The highest BCUT2D eigenvalue weighted by atomic mass is 16.7. The lowest BCUT2D eigenvalue weighted by molar-refractivity contribution is 0.174. The van der Waals surface area contributed by atoms with E-state index in [1.54, 1.807) is 31.4 Å². The largest absolute Gasteiger partial charge is 0.497 e. The Morgan fingerprint density at radius 3 is 2.83 bits per heavy atom. The van der Waals surface area contributed by atoms with E-state index in [4.69, 9.17) is 18.9 Å². The van der Waals surface area contributed by atoms with Gasteiger partial charge in [-0.2, -0.15) is 0 Å². The lowest BCUT2D eigenvalue weighted by Crippen LogP contribution is -2.32. The van der Waals surface area contributed by atoms with Gasteiger partial charge in [-0.15, -0.1) is 0 Å². The van der Waals surface area contributed by atoms with Gasteiger partial charge in [0, 0.05) is 17.8 Å². The first-order valence-electron chi connectivity index (χ1n) is 7.46. The number of rotatable bonds is 6. The second-order valence-corrected chi connectivity index (χ2v) is 4.98. The molecule has 0 unspecified atom stereocenters. The molecule has 1 heterocycles. The Hall–Kier alpha value is -3.09. The summed E-state index contributed by atoms with van der Waals surface area (Å²) in [6.07, 6.45) is 0. The summed E-state index contributed by atoms with van der Waals surface area (Å²) in [6, 6.07) is 12.2. The van der Waals surface area contributed by atoms with Gasteiger partial charge in [-0.25, -0.2) is 4.79 Å². The summed E-state index contributed by atoms with van der Waals surface area (Å²) in [4.78, 5) is 11.9. The molecule has 7 nitrogen and oxygen atoms in total. The Balaban J connectivity index is 1.41. The lowest BCUT2D eigenvalue weighted by Gasteiger charge is -2.10. The van der Waals surface area contributed by atoms with Gasteiger partial charge in [0.25, 0.3) is 0 Å². The lowest BCUT2D eigenvalue weighted by atomic mass is 10.3. The Labute approximate surface area is 139 Å². The normalized spacial score (nSPS) is 11.7. The van der Waals surface area contributed by atoms with E-state index in [0.717, 1.165) is 5.75 Å². The zero-order chi connectivity index (χ0) is 16.8. The van der Waals surface area contributed by atoms with Crippen molar-refractivity contribution in [2.24, 2.45) is 0 Å². The highest BCUT2D eigenvalue weighted by Gasteiger charge is 2.13. The van der Waals surface area contributed by atoms with Crippen molar-refractivity contribution in [3.05, 3.63) is 42.5 Å². The van der Waals surface area contributed by atoms with Crippen LogP contribution in [0.5, 0.6) is 23.0 Å². The molecule has 1 aliphatic heterocycles. The second kappa shape index (κ2) is 7.45. The van der Waals surface area contributed by atoms with Crippen LogP contribution in [-0.2, 0) is 0 Å². The first kappa shape index (κ1) is 15.8. The fourth-order valence-electron chi connectivity index (χ4n) is 2.17. The van der Waals surface area contributed by atoms with Crippen molar-refractivity contribution in [2.45, 2.75) is 0 Å². The first-order chi connectivity index (χ1) is 11.7. The van der Waals surface area contributed by atoms with Gasteiger partial charge in [-0.3, -0.25) is 0 Å². The van der Waals surface area contributed by atoms with Crippen LogP contribution in [-0.4, -0.2) is 33.1 Å². The van der Waals surface area contributed by atoms with Crippen LogP contribution >= 0.6 is 0 Å². The second-order valence-electron chi connectivity index (χ2n) is 4.98. The SMILES string of the molecule is COc1cccc(OCCNC(=O)Nc2ccc3c(c2)OCO3)c1. The van der Waals surface area contributed by atoms with Crippen molar-refractivity contribution in [1.82, 2.24) is 5.32 Å². The number of carbonyl (C=O) groups excluding carboxylic acids is 1. The molecule has 0 aliphatic carbocycles. The zero-order valence-corrected chi connectivity index (χ0v) is 13.2. The minimum absolute atomic E-state index is 0.201. The quantitative estimate of drug-likeness (QED) is 0.796. The van der Waals surface area contributed by atoms with Crippen LogP contribution in [0.15, 0.2) is 42.5 Å². The maximum Gasteiger partial charge on any atom is 0.319 e. The number of carbonyl (C=O) groups is 1. The fraction of sp³-hybridized carbons (Fsp3) is 0.235. The van der Waals surface area contributed by atoms with Gasteiger partial charge in [0.05, 0.1) is 13.7 Å². The molecule has 0 radical (unpaired) electrons. The predicted molar refractivity (Wildman–Crippen MR) is 88.1 cm³/mol. The molecule has 0 bridgehead atoms. The summed E-state index contributed by atoms with van der Waals surface area (Å²) in [6.45, 7) is 0.919. The van der Waals surface area contributed by atoms with Crippen LogP contribution in [0.3, 0.4) is 0 Å². The number of fused-ring (bicyclic) bond motifs is 1. The summed E-state index contributed by atoms with van der Waals surface area (Å²) in [5, 5.41) is 5.45. The molecule has 3 rings (SSSR count). The summed E-state index contributed by atoms with van der Waals surface area (Å²) < 4.78 is 21.2. The average molecular weight is 330 g/mol. The minimum atomic E-state index is -0.317. The predicted octanol–water partition coefficient (Wildman–Crippen LogP) is 2.62. The molecule has 0 saturated heterocycles. The highest BCUT2D eigenvalue weighted by Crippen LogP contribution is 2.34. The fourth-order valence-corrected chi connectivity index (χ4v) is 2.17. The van der Waals surface area contributed by atoms with Crippen molar-refractivity contribution >= 4 is 11.7 Å². The molecule has 0 aromatic heterocycles. The molecule has 0 atom stereocenters. The Bertz CT molecular complexity index is 720. The molecular weight excluding hydrogens is 312 g/mol. The molecule has 0 spiro atoms. The number of nitrogens with one attached hydrogen (secondary N) is 2. The molecule has 2 aromatic carbocycles. The van der Waals surface area contributed by atoms with Gasteiger partial charge in [0.15, 0.2) is 11.5 Å². The van der Waals surface area contributed by atoms with E-state index >= 15 is 0 Å². The van der Waals surface area contributed by atoms with Gasteiger partial charge >= 0.3 is 6.03 Å². The van der Waals surface area contributed by atoms with Gasteiger partial charge in [-0.1, -0.05) is 6.07 Å². The number of hydrogen-bond donors (Lipinski definition) is 2. The standard InChI is InChI=1S/C17H18N2O5/c1-21-13-3-2-4-14(10-13)22-8-7-18-17(20)19-12-5-6-15-16(9-12)24-11-23-15/h2-6,9-10H,7-8,11H2,1H3,(H2,18,19,20). The molecule has 126 valence electrons. The van der Waals surface area contributed by atoms with E-state index in [1.165, 1.54) is 0 Å². The van der Waals surface area contributed by atoms with Crippen LogP contribution in [0.1, 0.15) is 0 Å². The van der Waals surface area contributed by atoms with E-state index in [1.807, 2.05) is 18.2 Å².